The first kappa shape index (κ1) is 13.9. The van der Waals surface area contributed by atoms with Crippen LogP contribution >= 0.6 is 0 Å². The van der Waals surface area contributed by atoms with Gasteiger partial charge in [-0.25, -0.2) is 0 Å². The second-order valence-corrected chi connectivity index (χ2v) is 2.72. The van der Waals surface area contributed by atoms with Crippen LogP contribution in [-0.4, -0.2) is 37.7 Å². The Morgan fingerprint density at radius 1 is 1.58 bits per heavy atom. The predicted octanol–water partition coefficient (Wildman–Crippen LogP) is -1.14. The van der Waals surface area contributed by atoms with Crippen LogP contribution in [0.4, 0.5) is 0 Å². The Kier molecular flexibility index (Phi) is 8.06. The summed E-state index contributed by atoms with van der Waals surface area (Å²) in [6, 6.07) is 0. The minimum atomic E-state index is -4.16. The van der Waals surface area contributed by atoms with Crippen molar-refractivity contribution in [2.45, 2.75) is 6.42 Å². The van der Waals surface area contributed by atoms with Crippen molar-refractivity contribution in [2.75, 3.05) is 13.7 Å². The lowest BCUT2D eigenvalue weighted by molar-refractivity contribution is -0.136. The summed E-state index contributed by atoms with van der Waals surface area (Å²) in [5.41, 5.74) is 4.85. The van der Waals surface area contributed by atoms with E-state index in [4.69, 9.17) is 15.4 Å². The summed E-state index contributed by atoms with van der Waals surface area (Å²) < 4.78 is 29.7. The molecule has 7 nitrogen and oxygen atoms in total. The van der Waals surface area contributed by atoms with E-state index in [0.717, 1.165) is 7.11 Å². The van der Waals surface area contributed by atoms with Crippen LogP contribution < -0.4 is 5.73 Å². The van der Waals surface area contributed by atoms with Crippen molar-refractivity contribution in [1.29, 1.82) is 0 Å². The first-order valence-electron chi connectivity index (χ1n) is 2.78. The van der Waals surface area contributed by atoms with E-state index in [0.29, 0.717) is 0 Å². The fourth-order valence-corrected chi connectivity index (χ4v) is 0.123. The minimum absolute atomic E-state index is 0.0694. The number of carbonyl (C=O) groups is 1. The molecule has 8 heteroatoms. The van der Waals surface area contributed by atoms with Gasteiger partial charge < -0.3 is 10.8 Å². The lowest BCUT2D eigenvalue weighted by atomic mass is 10.5. The van der Waals surface area contributed by atoms with Gasteiger partial charge in [-0.15, -0.1) is 0 Å². The normalized spacial score (nSPS) is 9.92. The molecule has 0 bridgehead atoms. The third-order valence-corrected chi connectivity index (χ3v) is 0.990. The molecule has 0 amide bonds. The Labute approximate surface area is 70.1 Å². The van der Waals surface area contributed by atoms with E-state index < -0.39 is 16.4 Å². The van der Waals surface area contributed by atoms with Crippen molar-refractivity contribution in [3.05, 3.63) is 0 Å². The maximum atomic E-state index is 9.52. The summed E-state index contributed by atoms with van der Waals surface area (Å²) in [5.74, 6) is -0.836. The molecule has 0 radical (unpaired) electrons. The van der Waals surface area contributed by atoms with Crippen molar-refractivity contribution in [1.82, 2.24) is 0 Å². The molecule has 12 heavy (non-hydrogen) atoms. The van der Waals surface area contributed by atoms with Gasteiger partial charge in [0.1, 0.15) is 0 Å². The number of carboxylic acid groups (broad SMARTS) is 1. The highest BCUT2D eigenvalue weighted by Gasteiger charge is 1.94. The molecular formula is C4H11NO6S. The molecule has 0 unspecified atom stereocenters. The molecule has 0 aromatic rings. The molecule has 4 N–H and O–H groups in total. The van der Waals surface area contributed by atoms with Crippen molar-refractivity contribution in [2.24, 2.45) is 5.73 Å². The van der Waals surface area contributed by atoms with Crippen LogP contribution in [0.3, 0.4) is 0 Å². The summed E-state index contributed by atoms with van der Waals surface area (Å²) in [4.78, 5) is 9.52. The van der Waals surface area contributed by atoms with Crippen LogP contribution in [0.15, 0.2) is 0 Å². The smallest absolute Gasteiger partial charge is 0.397 e. The molecule has 0 heterocycles. The number of rotatable bonds is 3. The molecule has 0 aliphatic heterocycles. The third-order valence-electron chi connectivity index (χ3n) is 0.569. The maximum absolute atomic E-state index is 9.52. The quantitative estimate of drug-likeness (QED) is 0.492. The van der Waals surface area contributed by atoms with Crippen LogP contribution in [0.5, 0.6) is 0 Å². The molecule has 0 saturated carbocycles. The van der Waals surface area contributed by atoms with Crippen molar-refractivity contribution in [3.63, 3.8) is 0 Å². The second-order valence-electron chi connectivity index (χ2n) is 1.53. The van der Waals surface area contributed by atoms with E-state index in [1.165, 1.54) is 0 Å². The average Bonchev–Trinajstić information content (AvgIpc) is 1.87. The van der Waals surface area contributed by atoms with E-state index in [1.807, 2.05) is 0 Å². The van der Waals surface area contributed by atoms with Gasteiger partial charge in [0.25, 0.3) is 0 Å². The van der Waals surface area contributed by atoms with Crippen molar-refractivity contribution < 1.29 is 27.1 Å². The number of aliphatic carboxylic acids is 1. The summed E-state index contributed by atoms with van der Waals surface area (Å²) in [5, 5.41) is 7.83. The highest BCUT2D eigenvalue weighted by molar-refractivity contribution is 7.80. The first-order valence-corrected chi connectivity index (χ1v) is 4.15. The van der Waals surface area contributed by atoms with Gasteiger partial charge in [0.2, 0.25) is 0 Å². The molecule has 0 atom stereocenters. The zero-order valence-corrected chi connectivity index (χ0v) is 7.24. The van der Waals surface area contributed by atoms with Gasteiger partial charge in [-0.2, -0.15) is 8.42 Å². The van der Waals surface area contributed by atoms with Gasteiger partial charge in [0, 0.05) is 6.54 Å². The highest BCUT2D eigenvalue weighted by Crippen LogP contribution is 1.74. The average molecular weight is 201 g/mol. The number of hydrogen-bond acceptors (Lipinski definition) is 5. The monoisotopic (exact) mass is 201 g/mol. The van der Waals surface area contributed by atoms with E-state index >= 15 is 0 Å². The maximum Gasteiger partial charge on any atom is 0.397 e. The molecule has 0 saturated heterocycles. The fourth-order valence-electron chi connectivity index (χ4n) is 0.123. The van der Waals surface area contributed by atoms with Gasteiger partial charge in [-0.05, 0) is 0 Å². The lowest BCUT2D eigenvalue weighted by Gasteiger charge is -1.82. The van der Waals surface area contributed by atoms with E-state index in [2.05, 4.69) is 4.18 Å². The molecule has 0 aliphatic rings. The standard InChI is InChI=1S/C3H7NO2.CH4O4S/c4-2-1-3(5)6;1-5-6(2,3)4/h1-2,4H2,(H,5,6);1H3,(H,2,3,4). The van der Waals surface area contributed by atoms with Gasteiger partial charge in [-0.1, -0.05) is 0 Å². The van der Waals surface area contributed by atoms with Gasteiger partial charge in [-0.3, -0.25) is 13.5 Å². The van der Waals surface area contributed by atoms with Crippen LogP contribution in [0.1, 0.15) is 6.42 Å². The zero-order chi connectivity index (χ0) is 10.2. The molecule has 0 aliphatic carbocycles. The summed E-state index contributed by atoms with van der Waals surface area (Å²) in [6.07, 6.45) is 0.0694. The molecule has 0 spiro atoms. The fraction of sp³-hybridized carbons (Fsp3) is 0.750. The Balaban J connectivity index is 0. The largest absolute Gasteiger partial charge is 0.481 e. The number of hydrogen-bond donors (Lipinski definition) is 3. The van der Waals surface area contributed by atoms with Crippen molar-refractivity contribution in [3.8, 4) is 0 Å². The van der Waals surface area contributed by atoms with Crippen LogP contribution in [0.2, 0.25) is 0 Å². The Morgan fingerprint density at radius 2 is 1.92 bits per heavy atom. The number of nitrogens with two attached hydrogens (primary N) is 1. The van der Waals surface area contributed by atoms with Crippen LogP contribution in [0.25, 0.3) is 0 Å². The van der Waals surface area contributed by atoms with Crippen molar-refractivity contribution >= 4 is 16.4 Å². The first-order chi connectivity index (χ1) is 5.33. The van der Waals surface area contributed by atoms with Gasteiger partial charge in [0.05, 0.1) is 13.5 Å². The third kappa shape index (κ3) is 22.8. The SMILES string of the molecule is COS(=O)(=O)O.NCCC(=O)O. The molecular weight excluding hydrogens is 190 g/mol. The predicted molar refractivity (Wildman–Crippen MR) is 39.9 cm³/mol. The van der Waals surface area contributed by atoms with Crippen LogP contribution in [-0.2, 0) is 19.4 Å². The summed E-state index contributed by atoms with van der Waals surface area (Å²) in [6.45, 7) is 0.231. The Bertz CT molecular complexity index is 210. The Hall–Kier alpha value is -0.700. The molecule has 0 fully saturated rings. The van der Waals surface area contributed by atoms with E-state index in [-0.39, 0.29) is 13.0 Å². The topological polar surface area (TPSA) is 127 Å². The molecule has 0 aromatic heterocycles. The molecule has 0 aromatic carbocycles. The van der Waals surface area contributed by atoms with Gasteiger partial charge >= 0.3 is 16.4 Å². The van der Waals surface area contributed by atoms with E-state index in [9.17, 15) is 13.2 Å². The summed E-state index contributed by atoms with van der Waals surface area (Å²) in [7, 11) is -3.29. The number of carboxylic acids is 1. The highest BCUT2D eigenvalue weighted by atomic mass is 32.3. The zero-order valence-electron chi connectivity index (χ0n) is 6.43. The second kappa shape index (κ2) is 6.98. The van der Waals surface area contributed by atoms with Crippen LogP contribution in [0, 0.1) is 0 Å². The lowest BCUT2D eigenvalue weighted by Crippen LogP contribution is -2.05. The minimum Gasteiger partial charge on any atom is -0.481 e. The van der Waals surface area contributed by atoms with E-state index in [1.54, 1.807) is 0 Å². The van der Waals surface area contributed by atoms with Gasteiger partial charge in [0.15, 0.2) is 0 Å². The molecule has 0 rings (SSSR count). The Morgan fingerprint density at radius 3 is 1.92 bits per heavy atom. The molecule has 74 valence electrons. The summed E-state index contributed by atoms with van der Waals surface area (Å²) >= 11 is 0.